The third kappa shape index (κ3) is 4.63. The highest BCUT2D eigenvalue weighted by molar-refractivity contribution is 7.91. The summed E-state index contributed by atoms with van der Waals surface area (Å²) in [4.78, 5) is 14.6. The number of sulfone groups is 1. The van der Waals surface area contributed by atoms with Gasteiger partial charge in [0.05, 0.1) is 44.4 Å². The lowest BCUT2D eigenvalue weighted by molar-refractivity contribution is 0.0990. The molecule has 9 heteroatoms. The van der Waals surface area contributed by atoms with E-state index in [1.807, 2.05) is 0 Å². The van der Waals surface area contributed by atoms with Crippen molar-refractivity contribution in [3.63, 3.8) is 0 Å². The van der Waals surface area contributed by atoms with Crippen molar-refractivity contribution in [2.75, 3.05) is 42.9 Å². The molecule has 2 aromatic carbocycles. The van der Waals surface area contributed by atoms with Crippen molar-refractivity contribution in [2.45, 2.75) is 12.1 Å². The lowest BCUT2D eigenvalue weighted by atomic mass is 10.1. The lowest BCUT2D eigenvalue weighted by Gasteiger charge is -2.32. The second-order valence-corrected chi connectivity index (χ2v) is 9.08. The Hall–Kier alpha value is -2.78. The second kappa shape index (κ2) is 8.30. The molecular weight excluding hydrogens is 396 g/mol. The van der Waals surface area contributed by atoms with Gasteiger partial charge >= 0.3 is 0 Å². The van der Waals surface area contributed by atoms with Gasteiger partial charge in [-0.2, -0.15) is 0 Å². The molecular formula is C20H24N2O6S. The monoisotopic (exact) mass is 420 g/mol. The number of methoxy groups -OCH3 is 2. The van der Waals surface area contributed by atoms with Gasteiger partial charge in [0.2, 0.25) is 0 Å². The molecule has 0 spiro atoms. The van der Waals surface area contributed by atoms with Crippen LogP contribution in [0.1, 0.15) is 10.4 Å². The SMILES string of the molecule is COc1ccc(C(=O)CN(c2ccc(N)cc2)[C@H]2CS(=O)(=O)C[C@@H]2O)cc1OC. The van der Waals surface area contributed by atoms with Gasteiger partial charge in [-0.1, -0.05) is 0 Å². The molecule has 1 saturated heterocycles. The minimum absolute atomic E-state index is 0.114. The highest BCUT2D eigenvalue weighted by Crippen LogP contribution is 2.29. The number of carbonyl (C=O) groups excluding carboxylic acids is 1. The molecule has 0 amide bonds. The van der Waals surface area contributed by atoms with Gasteiger partial charge in [-0.05, 0) is 42.5 Å². The van der Waals surface area contributed by atoms with Crippen LogP contribution >= 0.6 is 0 Å². The molecule has 1 aliphatic rings. The minimum Gasteiger partial charge on any atom is -0.493 e. The van der Waals surface area contributed by atoms with E-state index < -0.39 is 22.0 Å². The number of rotatable bonds is 7. The molecule has 2 atom stereocenters. The van der Waals surface area contributed by atoms with Crippen LogP contribution in [0, 0.1) is 0 Å². The molecule has 0 aliphatic carbocycles. The van der Waals surface area contributed by atoms with Crippen LogP contribution in [-0.2, 0) is 9.84 Å². The average molecular weight is 420 g/mol. The van der Waals surface area contributed by atoms with Crippen molar-refractivity contribution in [3.8, 4) is 11.5 Å². The van der Waals surface area contributed by atoms with Crippen LogP contribution in [-0.4, -0.2) is 63.7 Å². The van der Waals surface area contributed by atoms with Gasteiger partial charge < -0.3 is 25.2 Å². The van der Waals surface area contributed by atoms with E-state index in [4.69, 9.17) is 15.2 Å². The standard InChI is InChI=1S/C20H24N2O6S/c1-27-19-8-3-13(9-20(19)28-2)17(23)10-22(15-6-4-14(21)5-7-15)16-11-29(25,26)12-18(16)24/h3-9,16,18,24H,10-12,21H2,1-2H3/t16-,18-/m0/s1. The Labute approximate surface area is 169 Å². The highest BCUT2D eigenvalue weighted by atomic mass is 32.2. The smallest absolute Gasteiger partial charge is 0.182 e. The van der Waals surface area contributed by atoms with Gasteiger partial charge in [-0.15, -0.1) is 0 Å². The molecule has 2 aromatic rings. The molecule has 1 aliphatic heterocycles. The fraction of sp³-hybridized carbons (Fsp3) is 0.350. The van der Waals surface area contributed by atoms with E-state index in [9.17, 15) is 18.3 Å². The number of ether oxygens (including phenoxy) is 2. The first-order valence-electron chi connectivity index (χ1n) is 9.00. The van der Waals surface area contributed by atoms with Crippen molar-refractivity contribution in [1.82, 2.24) is 0 Å². The molecule has 0 saturated carbocycles. The van der Waals surface area contributed by atoms with Crippen molar-refractivity contribution in [3.05, 3.63) is 48.0 Å². The zero-order chi connectivity index (χ0) is 21.2. The average Bonchev–Trinajstić information content (AvgIpc) is 2.98. The Morgan fingerprint density at radius 1 is 1.10 bits per heavy atom. The summed E-state index contributed by atoms with van der Waals surface area (Å²) >= 11 is 0. The number of anilines is 2. The van der Waals surface area contributed by atoms with Crippen molar-refractivity contribution in [2.24, 2.45) is 0 Å². The Bertz CT molecular complexity index is 991. The van der Waals surface area contributed by atoms with E-state index in [1.54, 1.807) is 47.4 Å². The molecule has 0 unspecified atom stereocenters. The van der Waals surface area contributed by atoms with Crippen LogP contribution in [0.2, 0.25) is 0 Å². The van der Waals surface area contributed by atoms with Gasteiger partial charge in [-0.25, -0.2) is 8.42 Å². The Morgan fingerprint density at radius 2 is 1.76 bits per heavy atom. The summed E-state index contributed by atoms with van der Waals surface area (Å²) in [5.74, 6) is 0.114. The summed E-state index contributed by atoms with van der Waals surface area (Å²) in [6.45, 7) is -0.114. The van der Waals surface area contributed by atoms with Gasteiger partial charge in [0.25, 0.3) is 0 Å². The molecule has 1 heterocycles. The normalized spacial score (nSPS) is 20.2. The first-order valence-corrected chi connectivity index (χ1v) is 10.8. The fourth-order valence-corrected chi connectivity index (χ4v) is 5.23. The topological polar surface area (TPSA) is 119 Å². The summed E-state index contributed by atoms with van der Waals surface area (Å²) in [6.07, 6.45) is -1.09. The maximum Gasteiger partial charge on any atom is 0.182 e. The summed E-state index contributed by atoms with van der Waals surface area (Å²) in [6, 6.07) is 10.8. The number of hydrogen-bond acceptors (Lipinski definition) is 8. The molecule has 29 heavy (non-hydrogen) atoms. The highest BCUT2D eigenvalue weighted by Gasteiger charge is 2.40. The summed E-state index contributed by atoms with van der Waals surface area (Å²) in [7, 11) is -0.407. The number of aliphatic hydroxyl groups is 1. The summed E-state index contributed by atoms with van der Waals surface area (Å²) in [5.41, 5.74) is 7.28. The Kier molecular flexibility index (Phi) is 5.99. The van der Waals surface area contributed by atoms with E-state index in [-0.39, 0.29) is 23.8 Å². The van der Waals surface area contributed by atoms with E-state index in [1.165, 1.54) is 14.2 Å². The molecule has 0 radical (unpaired) electrons. The van der Waals surface area contributed by atoms with Crippen LogP contribution in [0.3, 0.4) is 0 Å². The third-order valence-corrected chi connectivity index (χ3v) is 6.64. The zero-order valence-corrected chi connectivity index (χ0v) is 17.1. The predicted octanol–water partition coefficient (Wildman–Crippen LogP) is 1.13. The lowest BCUT2D eigenvalue weighted by Crippen LogP contribution is -2.46. The zero-order valence-electron chi connectivity index (χ0n) is 16.2. The number of nitrogens with two attached hydrogens (primary N) is 1. The predicted molar refractivity (Wildman–Crippen MR) is 111 cm³/mol. The number of benzene rings is 2. The second-order valence-electron chi connectivity index (χ2n) is 6.92. The number of Topliss-reactive ketones (excluding diaryl/α,β-unsaturated/α-hetero) is 1. The summed E-state index contributed by atoms with van der Waals surface area (Å²) in [5, 5.41) is 10.4. The van der Waals surface area contributed by atoms with Gasteiger partial charge in [0.1, 0.15) is 0 Å². The van der Waals surface area contributed by atoms with Crippen LogP contribution < -0.4 is 20.1 Å². The molecule has 3 rings (SSSR count). The summed E-state index contributed by atoms with van der Waals surface area (Å²) < 4.78 is 34.5. The van der Waals surface area contributed by atoms with Crippen molar-refractivity contribution < 1.29 is 27.8 Å². The van der Waals surface area contributed by atoms with Crippen molar-refractivity contribution >= 4 is 27.0 Å². The largest absolute Gasteiger partial charge is 0.493 e. The van der Waals surface area contributed by atoms with Gasteiger partial charge in [0, 0.05) is 16.9 Å². The van der Waals surface area contributed by atoms with E-state index in [0.717, 1.165) is 0 Å². The Balaban J connectivity index is 1.93. The number of nitrogens with zero attached hydrogens (tertiary/aromatic N) is 1. The van der Waals surface area contributed by atoms with Crippen LogP contribution in [0.4, 0.5) is 11.4 Å². The maximum absolute atomic E-state index is 13.0. The van der Waals surface area contributed by atoms with Crippen LogP contribution in [0.5, 0.6) is 11.5 Å². The third-order valence-electron chi connectivity index (χ3n) is 4.94. The van der Waals surface area contributed by atoms with Gasteiger partial charge in [-0.3, -0.25) is 4.79 Å². The minimum atomic E-state index is -3.39. The van der Waals surface area contributed by atoms with Crippen LogP contribution in [0.25, 0.3) is 0 Å². The molecule has 0 bridgehead atoms. The molecule has 8 nitrogen and oxygen atoms in total. The maximum atomic E-state index is 13.0. The number of hydrogen-bond donors (Lipinski definition) is 2. The van der Waals surface area contributed by atoms with E-state index in [2.05, 4.69) is 0 Å². The fourth-order valence-electron chi connectivity index (χ4n) is 3.43. The van der Waals surface area contributed by atoms with Crippen molar-refractivity contribution in [1.29, 1.82) is 0 Å². The number of nitrogen functional groups attached to an aromatic ring is 1. The molecule has 0 aromatic heterocycles. The number of carbonyl (C=O) groups is 1. The Morgan fingerprint density at radius 3 is 2.31 bits per heavy atom. The molecule has 156 valence electrons. The van der Waals surface area contributed by atoms with E-state index in [0.29, 0.717) is 28.4 Å². The van der Waals surface area contributed by atoms with Gasteiger partial charge in [0.15, 0.2) is 27.1 Å². The molecule has 1 fully saturated rings. The van der Waals surface area contributed by atoms with Crippen LogP contribution in [0.15, 0.2) is 42.5 Å². The number of ketones is 1. The number of aliphatic hydroxyl groups excluding tert-OH is 1. The first kappa shape index (κ1) is 20.9. The quantitative estimate of drug-likeness (QED) is 0.505. The molecule has 3 N–H and O–H groups in total. The first-order chi connectivity index (χ1) is 13.7. The van der Waals surface area contributed by atoms with E-state index >= 15 is 0 Å².